The first kappa shape index (κ1) is 19.7. The van der Waals surface area contributed by atoms with Gasteiger partial charge in [0.2, 0.25) is 0 Å². The van der Waals surface area contributed by atoms with Crippen molar-refractivity contribution in [3.63, 3.8) is 0 Å². The van der Waals surface area contributed by atoms with E-state index in [1.54, 1.807) is 7.11 Å². The van der Waals surface area contributed by atoms with E-state index in [1.165, 1.54) is 5.57 Å². The van der Waals surface area contributed by atoms with E-state index in [2.05, 4.69) is 51.4 Å². The minimum atomic E-state index is -1.83. The lowest BCUT2D eigenvalue weighted by atomic mass is 9.54. The Morgan fingerprint density at radius 1 is 1.21 bits per heavy atom. The molecule has 1 saturated carbocycles. The molecular formula is C19H34O3Si2. The van der Waals surface area contributed by atoms with Crippen LogP contribution in [0.15, 0.2) is 24.0 Å². The van der Waals surface area contributed by atoms with Gasteiger partial charge in [0, 0.05) is 26.3 Å². The zero-order valence-corrected chi connectivity index (χ0v) is 18.4. The summed E-state index contributed by atoms with van der Waals surface area (Å²) in [4.78, 5) is 13.1. The fraction of sp³-hybridized carbons (Fsp3) is 0.737. The van der Waals surface area contributed by atoms with Crippen LogP contribution in [0.25, 0.3) is 0 Å². The lowest BCUT2D eigenvalue weighted by molar-refractivity contribution is -0.172. The van der Waals surface area contributed by atoms with Crippen LogP contribution in [0.3, 0.4) is 0 Å². The number of carbonyl (C=O) groups excluding carboxylic acids is 1. The van der Waals surface area contributed by atoms with Gasteiger partial charge in [-0.15, -0.1) is 0 Å². The smallest absolute Gasteiger partial charge is 0.185 e. The van der Waals surface area contributed by atoms with Crippen molar-refractivity contribution in [1.29, 1.82) is 0 Å². The summed E-state index contributed by atoms with van der Waals surface area (Å²) in [6, 6.07) is 1.05. The third kappa shape index (κ3) is 4.30. The highest BCUT2D eigenvalue weighted by molar-refractivity contribution is 6.76. The third-order valence-corrected chi connectivity index (χ3v) is 7.30. The average Bonchev–Trinajstić information content (AvgIpc) is 2.43. The summed E-state index contributed by atoms with van der Waals surface area (Å²) in [6.07, 6.45) is 8.82. The van der Waals surface area contributed by atoms with Crippen molar-refractivity contribution in [1.82, 2.24) is 0 Å². The molecule has 1 fully saturated rings. The van der Waals surface area contributed by atoms with Gasteiger partial charge in [0.05, 0.1) is 13.4 Å². The molecule has 0 N–H and O–H groups in total. The van der Waals surface area contributed by atoms with E-state index >= 15 is 0 Å². The maximum absolute atomic E-state index is 13.1. The molecule has 0 aromatic carbocycles. The predicted octanol–water partition coefficient (Wildman–Crippen LogP) is 5.00. The Morgan fingerprint density at radius 3 is 2.38 bits per heavy atom. The standard InChI is InChI=1S/C19H34O3Si2/c1-21-13-15(14-23(2,3)4)12-19(22-24(5,6)7)17-11-9-8-10-16(17)18(19)20/h8-9,13,16-17H,10-12,14H2,1-7H3/b15-13-/t16-,17+,19+/m0/s1. The first-order valence-corrected chi connectivity index (χ1v) is 16.2. The second kappa shape index (κ2) is 6.92. The molecule has 0 aliphatic heterocycles. The highest BCUT2D eigenvalue weighted by atomic mass is 28.4. The molecular weight excluding hydrogens is 332 g/mol. The van der Waals surface area contributed by atoms with Crippen molar-refractivity contribution in [3.8, 4) is 0 Å². The van der Waals surface area contributed by atoms with E-state index in [-0.39, 0.29) is 5.92 Å². The van der Waals surface area contributed by atoms with Gasteiger partial charge in [0.25, 0.3) is 0 Å². The molecule has 3 nitrogen and oxygen atoms in total. The Labute approximate surface area is 149 Å². The van der Waals surface area contributed by atoms with Crippen LogP contribution in [-0.4, -0.2) is 34.9 Å². The zero-order valence-electron chi connectivity index (χ0n) is 16.4. The topological polar surface area (TPSA) is 35.5 Å². The Kier molecular flexibility index (Phi) is 5.67. The van der Waals surface area contributed by atoms with Gasteiger partial charge in [-0.25, -0.2) is 0 Å². The molecule has 2 aliphatic carbocycles. The Balaban J connectivity index is 2.31. The normalized spacial score (nSPS) is 30.8. The molecule has 0 bridgehead atoms. The second-order valence-corrected chi connectivity index (χ2v) is 19.5. The molecule has 0 amide bonds. The van der Waals surface area contributed by atoms with Gasteiger partial charge in [-0.3, -0.25) is 4.79 Å². The van der Waals surface area contributed by atoms with Gasteiger partial charge in [-0.05, 0) is 44.1 Å². The largest absolute Gasteiger partial charge is 0.504 e. The molecule has 3 atom stereocenters. The number of carbonyl (C=O) groups is 1. The zero-order chi connectivity index (χ0) is 18.2. The monoisotopic (exact) mass is 366 g/mol. The summed E-state index contributed by atoms with van der Waals surface area (Å²) >= 11 is 0. The Bertz CT molecular complexity index is 540. The van der Waals surface area contributed by atoms with Crippen molar-refractivity contribution >= 4 is 22.2 Å². The van der Waals surface area contributed by atoms with E-state index in [4.69, 9.17) is 9.16 Å². The van der Waals surface area contributed by atoms with Crippen molar-refractivity contribution in [2.45, 2.75) is 70.2 Å². The van der Waals surface area contributed by atoms with Gasteiger partial charge in [-0.1, -0.05) is 31.8 Å². The second-order valence-electron chi connectivity index (χ2n) is 9.55. The average molecular weight is 367 g/mol. The number of hydrogen-bond acceptors (Lipinski definition) is 3. The number of ether oxygens (including phenoxy) is 1. The quantitative estimate of drug-likeness (QED) is 0.361. The third-order valence-electron chi connectivity index (χ3n) is 4.81. The molecule has 0 saturated heterocycles. The van der Waals surface area contributed by atoms with Crippen LogP contribution in [-0.2, 0) is 14.0 Å². The molecule has 0 spiro atoms. The number of ketones is 1. The summed E-state index contributed by atoms with van der Waals surface area (Å²) in [5.74, 6) is 0.836. The molecule has 0 heterocycles. The molecule has 2 aliphatic rings. The molecule has 24 heavy (non-hydrogen) atoms. The lowest BCUT2D eigenvalue weighted by Crippen LogP contribution is -2.68. The minimum Gasteiger partial charge on any atom is -0.504 e. The van der Waals surface area contributed by atoms with E-state index in [0.29, 0.717) is 18.1 Å². The van der Waals surface area contributed by atoms with Crippen LogP contribution >= 0.6 is 0 Å². The summed E-state index contributed by atoms with van der Waals surface area (Å²) < 4.78 is 12.0. The van der Waals surface area contributed by atoms with Gasteiger partial charge in [0.1, 0.15) is 5.60 Å². The number of rotatable bonds is 7. The molecule has 0 radical (unpaired) electrons. The Morgan fingerprint density at radius 2 is 1.83 bits per heavy atom. The van der Waals surface area contributed by atoms with Crippen LogP contribution in [0.2, 0.25) is 45.3 Å². The minimum absolute atomic E-state index is 0.169. The number of fused-ring (bicyclic) bond motifs is 1. The maximum atomic E-state index is 13.1. The SMILES string of the molecule is CO/C=C(/C[C@]1(O[Si](C)(C)C)C(=O)[C@H]2CC=CC[C@H]21)C[Si](C)(C)C. The van der Waals surface area contributed by atoms with Crippen molar-refractivity contribution in [3.05, 3.63) is 24.0 Å². The predicted molar refractivity (Wildman–Crippen MR) is 105 cm³/mol. The van der Waals surface area contributed by atoms with Gasteiger partial charge in [0.15, 0.2) is 14.1 Å². The highest BCUT2D eigenvalue weighted by Crippen LogP contribution is 2.53. The van der Waals surface area contributed by atoms with Crippen LogP contribution in [0.4, 0.5) is 0 Å². The number of Topliss-reactive ketones (excluding diaryl/α,β-unsaturated/α-hetero) is 1. The number of allylic oxidation sites excluding steroid dienone is 2. The molecule has 136 valence electrons. The molecule has 0 aromatic rings. The van der Waals surface area contributed by atoms with Gasteiger partial charge in [-0.2, -0.15) is 0 Å². The van der Waals surface area contributed by atoms with E-state index in [1.807, 2.05) is 6.26 Å². The van der Waals surface area contributed by atoms with Crippen molar-refractivity contribution in [2.75, 3.05) is 7.11 Å². The van der Waals surface area contributed by atoms with Gasteiger partial charge >= 0.3 is 0 Å². The molecule has 0 unspecified atom stereocenters. The lowest BCUT2D eigenvalue weighted by Gasteiger charge is -2.56. The Hall–Kier alpha value is -0.656. The van der Waals surface area contributed by atoms with E-state index in [9.17, 15) is 4.79 Å². The molecule has 5 heteroatoms. The summed E-state index contributed by atoms with van der Waals surface area (Å²) in [6.45, 7) is 13.6. The summed E-state index contributed by atoms with van der Waals surface area (Å²) in [7, 11) is -1.42. The number of hydrogen-bond donors (Lipinski definition) is 0. The van der Waals surface area contributed by atoms with Crippen LogP contribution < -0.4 is 0 Å². The van der Waals surface area contributed by atoms with E-state index < -0.39 is 22.0 Å². The molecule has 0 aromatic heterocycles. The summed E-state index contributed by atoms with van der Waals surface area (Å²) in [5.41, 5.74) is 0.639. The highest BCUT2D eigenvalue weighted by Gasteiger charge is 2.63. The van der Waals surface area contributed by atoms with Crippen LogP contribution in [0.1, 0.15) is 19.3 Å². The molecule has 2 rings (SSSR count). The fourth-order valence-electron chi connectivity index (χ4n) is 4.28. The van der Waals surface area contributed by atoms with Crippen molar-refractivity contribution < 1.29 is 14.0 Å². The van der Waals surface area contributed by atoms with Crippen LogP contribution in [0.5, 0.6) is 0 Å². The van der Waals surface area contributed by atoms with E-state index in [0.717, 1.165) is 18.9 Å². The van der Waals surface area contributed by atoms with Gasteiger partial charge < -0.3 is 9.16 Å². The first-order chi connectivity index (χ1) is 11.0. The fourth-order valence-corrected chi connectivity index (χ4v) is 7.26. The summed E-state index contributed by atoms with van der Waals surface area (Å²) in [5, 5.41) is 0. The number of methoxy groups -OCH3 is 1. The van der Waals surface area contributed by atoms with Crippen molar-refractivity contribution in [2.24, 2.45) is 11.8 Å². The maximum Gasteiger partial charge on any atom is 0.185 e. The van der Waals surface area contributed by atoms with Crippen LogP contribution in [0, 0.1) is 11.8 Å². The first-order valence-electron chi connectivity index (χ1n) is 9.09.